The number of thioether (sulfide) groups is 1. The fraction of sp³-hybridized carbons (Fsp3) is 0.429. The zero-order valence-corrected chi connectivity index (χ0v) is 13.7. The van der Waals surface area contributed by atoms with E-state index in [2.05, 4.69) is 5.32 Å². The molecule has 0 radical (unpaired) electrons. The Balaban J connectivity index is 1.77. The van der Waals surface area contributed by atoms with Crippen molar-refractivity contribution in [2.75, 3.05) is 11.1 Å². The van der Waals surface area contributed by atoms with E-state index in [4.69, 9.17) is 23.2 Å². The second kappa shape index (κ2) is 5.38. The Morgan fingerprint density at radius 3 is 2.90 bits per heavy atom. The Morgan fingerprint density at radius 1 is 1.43 bits per heavy atom. The van der Waals surface area contributed by atoms with Gasteiger partial charge in [-0.25, -0.2) is 0 Å². The highest BCUT2D eigenvalue weighted by molar-refractivity contribution is 8.01. The van der Waals surface area contributed by atoms with E-state index in [0.29, 0.717) is 27.9 Å². The van der Waals surface area contributed by atoms with E-state index >= 15 is 0 Å². The van der Waals surface area contributed by atoms with Crippen LogP contribution in [-0.4, -0.2) is 33.4 Å². The van der Waals surface area contributed by atoms with E-state index in [9.17, 15) is 9.59 Å². The van der Waals surface area contributed by atoms with Gasteiger partial charge >= 0.3 is 0 Å². The van der Waals surface area contributed by atoms with E-state index in [1.165, 1.54) is 0 Å². The lowest BCUT2D eigenvalue weighted by Gasteiger charge is -2.29. The molecule has 0 aliphatic carbocycles. The predicted octanol–water partition coefficient (Wildman–Crippen LogP) is 3.39. The Morgan fingerprint density at radius 2 is 2.19 bits per heavy atom. The number of hydrogen-bond donors (Lipinski definition) is 1. The molecule has 2 aliphatic rings. The molecular formula is C14H14Cl2N2O2S. The molecule has 3 rings (SSSR count). The average Bonchev–Trinajstić information content (AvgIpc) is 2.91. The Bertz CT molecular complexity index is 625. The molecule has 2 heterocycles. The first-order chi connectivity index (χ1) is 9.90. The summed E-state index contributed by atoms with van der Waals surface area (Å²) in [5.41, 5.74) is 0.583. The number of fused-ring (bicyclic) bond motifs is 1. The van der Waals surface area contributed by atoms with Crippen molar-refractivity contribution in [1.82, 2.24) is 4.90 Å². The maximum Gasteiger partial charge on any atom is 0.248 e. The van der Waals surface area contributed by atoms with Crippen molar-refractivity contribution in [1.29, 1.82) is 0 Å². The number of benzene rings is 1. The van der Waals surface area contributed by atoms with Crippen molar-refractivity contribution >= 4 is 52.5 Å². The van der Waals surface area contributed by atoms with Gasteiger partial charge in [-0.1, -0.05) is 23.2 Å². The van der Waals surface area contributed by atoms with E-state index in [1.807, 2.05) is 6.92 Å². The molecule has 1 aromatic carbocycles. The molecule has 0 spiro atoms. The molecule has 7 heteroatoms. The van der Waals surface area contributed by atoms with Gasteiger partial charge in [0.15, 0.2) is 0 Å². The number of nitrogens with zero attached hydrogens (tertiary/aromatic N) is 1. The lowest BCUT2D eigenvalue weighted by Crippen LogP contribution is -2.48. The summed E-state index contributed by atoms with van der Waals surface area (Å²) in [4.78, 5) is 26.0. The van der Waals surface area contributed by atoms with Crippen molar-refractivity contribution in [3.8, 4) is 0 Å². The van der Waals surface area contributed by atoms with Crippen molar-refractivity contribution in [3.63, 3.8) is 0 Å². The first-order valence-corrected chi connectivity index (χ1v) is 8.37. The molecule has 2 fully saturated rings. The lowest BCUT2D eigenvalue weighted by atomic mass is 10.2. The van der Waals surface area contributed by atoms with Crippen LogP contribution < -0.4 is 5.32 Å². The number of hydrogen-bond acceptors (Lipinski definition) is 3. The van der Waals surface area contributed by atoms with Gasteiger partial charge in [-0.05, 0) is 31.5 Å². The van der Waals surface area contributed by atoms with E-state index in [-0.39, 0.29) is 16.7 Å². The molecule has 1 aromatic rings. The van der Waals surface area contributed by atoms with Crippen LogP contribution >= 0.6 is 35.0 Å². The standard InChI is InChI=1S/C14H14Cl2N2O2S/c1-14-5-4-12(19)18(14)11(7-21-14)13(20)17-8-2-3-9(15)10(16)6-8/h2-3,6,11H,4-5,7H2,1H3,(H,17,20)/t11-,14+/m0/s1. The van der Waals surface area contributed by atoms with Crippen molar-refractivity contribution in [3.05, 3.63) is 28.2 Å². The van der Waals surface area contributed by atoms with Crippen LogP contribution in [0.25, 0.3) is 0 Å². The van der Waals surface area contributed by atoms with Crippen molar-refractivity contribution in [2.24, 2.45) is 0 Å². The van der Waals surface area contributed by atoms with Gasteiger partial charge in [0.2, 0.25) is 11.8 Å². The van der Waals surface area contributed by atoms with Gasteiger partial charge < -0.3 is 10.2 Å². The zero-order valence-electron chi connectivity index (χ0n) is 11.4. The summed E-state index contributed by atoms with van der Waals surface area (Å²) in [6.45, 7) is 2.02. The quantitative estimate of drug-likeness (QED) is 0.894. The maximum absolute atomic E-state index is 12.4. The van der Waals surface area contributed by atoms with Gasteiger partial charge in [0.25, 0.3) is 0 Å². The zero-order chi connectivity index (χ0) is 15.2. The first-order valence-electron chi connectivity index (χ1n) is 6.63. The van der Waals surface area contributed by atoms with Gasteiger partial charge in [-0.3, -0.25) is 9.59 Å². The minimum absolute atomic E-state index is 0.0526. The Labute approximate surface area is 137 Å². The van der Waals surface area contributed by atoms with E-state index < -0.39 is 6.04 Å². The van der Waals surface area contributed by atoms with Crippen molar-refractivity contribution < 1.29 is 9.59 Å². The molecule has 0 aromatic heterocycles. The lowest BCUT2D eigenvalue weighted by molar-refractivity contribution is -0.135. The van der Waals surface area contributed by atoms with Crippen LogP contribution in [0.1, 0.15) is 19.8 Å². The van der Waals surface area contributed by atoms with Crippen LogP contribution in [0.4, 0.5) is 5.69 Å². The number of carbonyl (C=O) groups is 2. The molecule has 4 nitrogen and oxygen atoms in total. The van der Waals surface area contributed by atoms with Gasteiger partial charge in [0.1, 0.15) is 6.04 Å². The third-order valence-electron chi connectivity index (χ3n) is 3.93. The smallest absolute Gasteiger partial charge is 0.248 e. The number of carbonyl (C=O) groups excluding carboxylic acids is 2. The number of amides is 2. The van der Waals surface area contributed by atoms with Crippen LogP contribution in [-0.2, 0) is 9.59 Å². The summed E-state index contributed by atoms with van der Waals surface area (Å²) < 4.78 is 0. The minimum Gasteiger partial charge on any atom is -0.324 e. The predicted molar refractivity (Wildman–Crippen MR) is 85.8 cm³/mol. The molecule has 2 atom stereocenters. The van der Waals surface area contributed by atoms with Gasteiger partial charge in [-0.15, -0.1) is 11.8 Å². The molecule has 0 unspecified atom stereocenters. The number of anilines is 1. The van der Waals surface area contributed by atoms with Crippen LogP contribution in [0.5, 0.6) is 0 Å². The SMILES string of the molecule is C[C@@]12CCC(=O)N1[C@H](C(=O)Nc1ccc(Cl)c(Cl)c1)CS2. The van der Waals surface area contributed by atoms with Crippen molar-refractivity contribution in [2.45, 2.75) is 30.7 Å². The highest BCUT2D eigenvalue weighted by Crippen LogP contribution is 2.47. The summed E-state index contributed by atoms with van der Waals surface area (Å²) >= 11 is 13.5. The fourth-order valence-corrected chi connectivity index (χ4v) is 4.54. The third kappa shape index (κ3) is 2.62. The number of halogens is 2. The molecular weight excluding hydrogens is 331 g/mol. The van der Waals surface area contributed by atoms with Gasteiger partial charge in [0, 0.05) is 17.9 Å². The van der Waals surface area contributed by atoms with Crippen LogP contribution in [0.15, 0.2) is 18.2 Å². The summed E-state index contributed by atoms with van der Waals surface area (Å²) in [6.07, 6.45) is 1.31. The number of nitrogens with one attached hydrogen (secondary N) is 1. The first kappa shape index (κ1) is 15.0. The van der Waals surface area contributed by atoms with E-state index in [0.717, 1.165) is 6.42 Å². The third-order valence-corrected chi connectivity index (χ3v) is 6.18. The monoisotopic (exact) mass is 344 g/mol. The molecule has 2 saturated heterocycles. The highest BCUT2D eigenvalue weighted by atomic mass is 35.5. The summed E-state index contributed by atoms with van der Waals surface area (Å²) in [5, 5.41) is 3.64. The minimum atomic E-state index is -0.426. The molecule has 0 saturated carbocycles. The molecule has 112 valence electrons. The second-order valence-electron chi connectivity index (χ2n) is 5.38. The summed E-state index contributed by atoms with van der Waals surface area (Å²) in [5.74, 6) is 0.492. The topological polar surface area (TPSA) is 49.4 Å². The molecule has 2 amide bonds. The van der Waals surface area contributed by atoms with Crippen LogP contribution in [0.2, 0.25) is 10.0 Å². The maximum atomic E-state index is 12.4. The average molecular weight is 345 g/mol. The molecule has 2 aliphatic heterocycles. The normalized spacial score (nSPS) is 27.9. The summed E-state index contributed by atoms with van der Waals surface area (Å²) in [6, 6.07) is 4.51. The second-order valence-corrected chi connectivity index (χ2v) is 7.70. The Kier molecular flexibility index (Phi) is 3.84. The number of rotatable bonds is 2. The Hall–Kier alpha value is -0.910. The van der Waals surface area contributed by atoms with E-state index in [1.54, 1.807) is 34.9 Å². The van der Waals surface area contributed by atoms with Crippen LogP contribution in [0, 0.1) is 0 Å². The van der Waals surface area contributed by atoms with Gasteiger partial charge in [0.05, 0.1) is 14.9 Å². The molecule has 1 N–H and O–H groups in total. The molecule has 0 bridgehead atoms. The summed E-state index contributed by atoms with van der Waals surface area (Å²) in [7, 11) is 0. The fourth-order valence-electron chi connectivity index (χ4n) is 2.81. The largest absolute Gasteiger partial charge is 0.324 e. The molecule has 21 heavy (non-hydrogen) atoms. The highest BCUT2D eigenvalue weighted by Gasteiger charge is 2.52. The van der Waals surface area contributed by atoms with Crippen LogP contribution in [0.3, 0.4) is 0 Å². The van der Waals surface area contributed by atoms with Gasteiger partial charge in [-0.2, -0.15) is 0 Å².